The highest BCUT2D eigenvalue weighted by atomic mass is 19.4. The summed E-state index contributed by atoms with van der Waals surface area (Å²) in [5.41, 5.74) is 0.664. The zero-order valence-electron chi connectivity index (χ0n) is 16.7. The van der Waals surface area contributed by atoms with Crippen molar-refractivity contribution in [2.45, 2.75) is 12.7 Å². The van der Waals surface area contributed by atoms with E-state index >= 15 is 0 Å². The van der Waals surface area contributed by atoms with Gasteiger partial charge in [0.1, 0.15) is 5.82 Å². The first-order chi connectivity index (χ1) is 13.9. The number of carbonyl (C=O) groups excluding carboxylic acids is 1. The summed E-state index contributed by atoms with van der Waals surface area (Å²) in [7, 11) is 3.46. The van der Waals surface area contributed by atoms with Crippen LogP contribution in [0.5, 0.6) is 0 Å². The van der Waals surface area contributed by atoms with Crippen LogP contribution in [0.2, 0.25) is 0 Å². The van der Waals surface area contributed by atoms with Gasteiger partial charge in [-0.05, 0) is 6.07 Å². The molecule has 0 bridgehead atoms. The van der Waals surface area contributed by atoms with E-state index < -0.39 is 12.1 Å². The lowest BCUT2D eigenvalue weighted by atomic mass is 9.81. The van der Waals surface area contributed by atoms with Crippen LogP contribution in [-0.2, 0) is 16.1 Å². The molecule has 2 atom stereocenters. The number of halogens is 4. The highest BCUT2D eigenvalue weighted by Gasteiger charge is 2.50. The van der Waals surface area contributed by atoms with Crippen LogP contribution < -0.4 is 5.32 Å². The summed E-state index contributed by atoms with van der Waals surface area (Å²) in [5.74, 6) is -2.53. The van der Waals surface area contributed by atoms with E-state index in [-0.39, 0.29) is 17.3 Å². The zero-order chi connectivity index (χ0) is 22.5. The first-order valence-corrected chi connectivity index (χ1v) is 9.23. The Balaban J connectivity index is 0.000000396. The monoisotopic (exact) mass is 435 g/mol. The van der Waals surface area contributed by atoms with E-state index in [1.165, 1.54) is 11.0 Å². The lowest BCUT2D eigenvalue weighted by molar-refractivity contribution is -0.192. The highest BCUT2D eigenvalue weighted by Crippen LogP contribution is 2.41. The van der Waals surface area contributed by atoms with Gasteiger partial charge in [0.2, 0.25) is 0 Å². The van der Waals surface area contributed by atoms with Gasteiger partial charge in [-0.15, -0.1) is 0 Å². The van der Waals surface area contributed by atoms with Gasteiger partial charge < -0.3 is 20.1 Å². The fraction of sp³-hybridized carbons (Fsp3) is 0.579. The molecular weight excluding hydrogens is 410 g/mol. The summed E-state index contributed by atoms with van der Waals surface area (Å²) in [6.45, 7) is 4.27. The van der Waals surface area contributed by atoms with Gasteiger partial charge in [0.15, 0.2) is 0 Å². The van der Waals surface area contributed by atoms with Gasteiger partial charge in [-0.2, -0.15) is 13.2 Å². The molecule has 11 heteroatoms. The van der Waals surface area contributed by atoms with Crippen LogP contribution in [0.1, 0.15) is 5.56 Å². The number of carboxylic acid groups (broad SMARTS) is 1. The first-order valence-electron chi connectivity index (χ1n) is 9.23. The number of fused-ring (bicyclic) bond motifs is 1. The van der Waals surface area contributed by atoms with E-state index in [1.807, 2.05) is 12.1 Å². The number of nitrogens with zero attached hydrogens (tertiary/aromatic N) is 2. The van der Waals surface area contributed by atoms with Crippen molar-refractivity contribution in [2.24, 2.45) is 11.3 Å². The van der Waals surface area contributed by atoms with Crippen LogP contribution in [-0.4, -0.2) is 80.0 Å². The maximum atomic E-state index is 13.9. The Hall–Kier alpha value is -2.40. The molecule has 7 nitrogen and oxygen atoms in total. The van der Waals surface area contributed by atoms with Gasteiger partial charge in [0, 0.05) is 57.2 Å². The summed E-state index contributed by atoms with van der Waals surface area (Å²) in [4.78, 5) is 24.5. The summed E-state index contributed by atoms with van der Waals surface area (Å²) < 4.78 is 51.3. The average Bonchev–Trinajstić information content (AvgIpc) is 3.18. The van der Waals surface area contributed by atoms with Crippen molar-refractivity contribution < 1.29 is 37.0 Å². The number of amides is 2. The Labute approximate surface area is 171 Å². The topological polar surface area (TPSA) is 82.1 Å². The van der Waals surface area contributed by atoms with Gasteiger partial charge in [0.25, 0.3) is 0 Å². The van der Waals surface area contributed by atoms with Gasteiger partial charge in [-0.3, -0.25) is 4.90 Å². The minimum atomic E-state index is -5.08. The second kappa shape index (κ2) is 9.61. The van der Waals surface area contributed by atoms with Crippen LogP contribution in [0.3, 0.4) is 0 Å². The van der Waals surface area contributed by atoms with Crippen LogP contribution in [0.25, 0.3) is 0 Å². The van der Waals surface area contributed by atoms with Crippen molar-refractivity contribution in [3.63, 3.8) is 0 Å². The third kappa shape index (κ3) is 6.05. The Kier molecular flexibility index (Phi) is 7.64. The number of benzene rings is 1. The zero-order valence-corrected chi connectivity index (χ0v) is 16.7. The van der Waals surface area contributed by atoms with Gasteiger partial charge in [0.05, 0.1) is 13.2 Å². The van der Waals surface area contributed by atoms with Crippen LogP contribution in [0.4, 0.5) is 22.4 Å². The van der Waals surface area contributed by atoms with E-state index in [1.54, 1.807) is 20.2 Å². The molecule has 0 spiro atoms. The molecule has 2 saturated heterocycles. The van der Waals surface area contributed by atoms with E-state index in [9.17, 15) is 22.4 Å². The molecule has 2 fully saturated rings. The molecular formula is C19H25F4N3O4. The Morgan fingerprint density at radius 1 is 1.33 bits per heavy atom. The molecule has 1 aromatic rings. The summed E-state index contributed by atoms with van der Waals surface area (Å²) in [5, 5.41) is 10.1. The molecule has 3 rings (SSSR count). The number of hydrogen-bond donors (Lipinski definition) is 2. The SMILES string of the molecule is CN(C)C(=O)NC[C@]12COC[C@H]1CN(Cc1ccccc1F)C2.O=C(O)C(F)(F)F. The fourth-order valence-corrected chi connectivity index (χ4v) is 3.59. The quantitative estimate of drug-likeness (QED) is 0.709. The Morgan fingerprint density at radius 3 is 2.53 bits per heavy atom. The molecule has 168 valence electrons. The molecule has 0 unspecified atom stereocenters. The highest BCUT2D eigenvalue weighted by molar-refractivity contribution is 5.73. The summed E-state index contributed by atoms with van der Waals surface area (Å²) in [6, 6.07) is 6.83. The fourth-order valence-electron chi connectivity index (χ4n) is 3.59. The second-order valence-electron chi connectivity index (χ2n) is 7.69. The minimum Gasteiger partial charge on any atom is -0.475 e. The van der Waals surface area contributed by atoms with Crippen molar-refractivity contribution in [2.75, 3.05) is 46.9 Å². The Bertz CT molecular complexity index is 760. The number of carbonyl (C=O) groups is 2. The summed E-state index contributed by atoms with van der Waals surface area (Å²) >= 11 is 0. The molecule has 0 aliphatic carbocycles. The van der Waals surface area contributed by atoms with E-state index in [2.05, 4.69) is 10.2 Å². The first kappa shape index (κ1) is 23.9. The van der Waals surface area contributed by atoms with Gasteiger partial charge in [-0.1, -0.05) is 18.2 Å². The van der Waals surface area contributed by atoms with Crippen molar-refractivity contribution in [1.29, 1.82) is 0 Å². The molecule has 2 aliphatic heterocycles. The number of urea groups is 1. The smallest absolute Gasteiger partial charge is 0.475 e. The van der Waals surface area contributed by atoms with Crippen molar-refractivity contribution in [1.82, 2.24) is 15.1 Å². The van der Waals surface area contributed by atoms with Crippen molar-refractivity contribution in [3.05, 3.63) is 35.6 Å². The Morgan fingerprint density at radius 2 is 1.97 bits per heavy atom. The summed E-state index contributed by atoms with van der Waals surface area (Å²) in [6.07, 6.45) is -5.08. The molecule has 30 heavy (non-hydrogen) atoms. The normalized spacial score (nSPS) is 23.3. The molecule has 2 N–H and O–H groups in total. The number of aliphatic carboxylic acids is 1. The number of rotatable bonds is 4. The van der Waals surface area contributed by atoms with Crippen LogP contribution in [0.15, 0.2) is 24.3 Å². The molecule has 2 amide bonds. The lowest BCUT2D eigenvalue weighted by Gasteiger charge is -2.28. The molecule has 0 radical (unpaired) electrons. The van der Waals surface area contributed by atoms with Gasteiger partial charge in [-0.25, -0.2) is 14.0 Å². The largest absolute Gasteiger partial charge is 0.490 e. The second-order valence-corrected chi connectivity index (χ2v) is 7.69. The number of ether oxygens (including phenoxy) is 1. The van der Waals surface area contributed by atoms with Crippen molar-refractivity contribution in [3.8, 4) is 0 Å². The molecule has 2 heterocycles. The minimum absolute atomic E-state index is 0.0586. The third-order valence-corrected chi connectivity index (χ3v) is 5.18. The number of nitrogens with one attached hydrogen (secondary N) is 1. The lowest BCUT2D eigenvalue weighted by Crippen LogP contribution is -2.45. The van der Waals surface area contributed by atoms with E-state index in [0.717, 1.165) is 18.7 Å². The van der Waals surface area contributed by atoms with E-state index in [0.29, 0.717) is 32.2 Å². The average molecular weight is 435 g/mol. The van der Waals surface area contributed by atoms with Crippen LogP contribution >= 0.6 is 0 Å². The van der Waals surface area contributed by atoms with E-state index in [4.69, 9.17) is 14.6 Å². The van der Waals surface area contributed by atoms with Gasteiger partial charge >= 0.3 is 18.2 Å². The molecule has 1 aromatic carbocycles. The predicted octanol–water partition coefficient (Wildman–Crippen LogP) is 2.18. The number of likely N-dealkylation sites (tertiary alicyclic amines) is 1. The maximum Gasteiger partial charge on any atom is 0.490 e. The number of carboxylic acids is 1. The van der Waals surface area contributed by atoms with Crippen molar-refractivity contribution >= 4 is 12.0 Å². The number of alkyl halides is 3. The molecule has 0 aromatic heterocycles. The van der Waals surface area contributed by atoms with Crippen LogP contribution in [0, 0.1) is 17.2 Å². The number of hydrogen-bond acceptors (Lipinski definition) is 4. The third-order valence-electron chi connectivity index (χ3n) is 5.18. The predicted molar refractivity (Wildman–Crippen MR) is 99.2 cm³/mol. The maximum absolute atomic E-state index is 13.9. The standard InChI is InChI=1S/C17H24FN3O2.C2HF3O2/c1-20(2)16(22)19-10-17-11-21(8-14(17)9-23-12-17)7-13-5-3-4-6-15(13)18;3-2(4,5)1(6)7/h3-6,14H,7-12H2,1-2H3,(H,19,22);(H,6,7)/t14-,17+;/m1./s1. The molecule has 0 saturated carbocycles. The molecule has 2 aliphatic rings.